The Bertz CT molecular complexity index is 436. The molecule has 0 aliphatic carbocycles. The number of anilines is 1. The second kappa shape index (κ2) is 6.78. The minimum absolute atomic E-state index is 0. The molecule has 1 amide bonds. The molecule has 1 fully saturated rings. The zero-order valence-corrected chi connectivity index (χ0v) is 12.5. The fourth-order valence-corrected chi connectivity index (χ4v) is 2.22. The third kappa shape index (κ3) is 3.85. The number of benzene rings is 1. The zero-order chi connectivity index (χ0) is 13.1. The van der Waals surface area contributed by atoms with E-state index in [0.717, 1.165) is 30.9 Å². The van der Waals surface area contributed by atoms with Crippen molar-refractivity contribution in [3.8, 4) is 0 Å². The molecule has 4 nitrogen and oxygen atoms in total. The molecule has 19 heavy (non-hydrogen) atoms. The van der Waals surface area contributed by atoms with E-state index in [2.05, 4.69) is 12.2 Å². The Labute approximate surface area is 121 Å². The largest absolute Gasteiger partial charge is 0.378 e. The summed E-state index contributed by atoms with van der Waals surface area (Å²) < 4.78 is 0. The van der Waals surface area contributed by atoms with Crippen molar-refractivity contribution in [2.24, 2.45) is 0 Å². The zero-order valence-electron chi connectivity index (χ0n) is 11.7. The third-order valence-corrected chi connectivity index (χ3v) is 3.27. The number of nitrogens with one attached hydrogen (secondary N) is 1. The van der Waals surface area contributed by atoms with Gasteiger partial charge in [-0.3, -0.25) is 4.79 Å². The van der Waals surface area contributed by atoms with Crippen LogP contribution >= 0.6 is 12.4 Å². The highest BCUT2D eigenvalue weighted by molar-refractivity contribution is 5.95. The summed E-state index contributed by atoms with van der Waals surface area (Å²) in [5, 5.41) is 3.35. The van der Waals surface area contributed by atoms with Crippen LogP contribution in [-0.2, 0) is 0 Å². The molecule has 106 valence electrons. The van der Waals surface area contributed by atoms with Crippen molar-refractivity contribution in [1.82, 2.24) is 10.2 Å². The van der Waals surface area contributed by atoms with E-state index in [1.165, 1.54) is 0 Å². The van der Waals surface area contributed by atoms with E-state index in [1.807, 2.05) is 48.2 Å². The summed E-state index contributed by atoms with van der Waals surface area (Å²) in [6.07, 6.45) is 0. The van der Waals surface area contributed by atoms with E-state index in [-0.39, 0.29) is 18.3 Å². The predicted octanol–water partition coefficient (Wildman–Crippen LogP) is 1.61. The van der Waals surface area contributed by atoms with Crippen molar-refractivity contribution >= 4 is 24.0 Å². The van der Waals surface area contributed by atoms with Crippen LogP contribution in [0.3, 0.4) is 0 Å². The van der Waals surface area contributed by atoms with Crippen LogP contribution in [0.25, 0.3) is 0 Å². The van der Waals surface area contributed by atoms with Crippen LogP contribution in [0.5, 0.6) is 0 Å². The molecule has 1 atom stereocenters. The van der Waals surface area contributed by atoms with E-state index >= 15 is 0 Å². The van der Waals surface area contributed by atoms with Gasteiger partial charge in [0.2, 0.25) is 0 Å². The Morgan fingerprint density at radius 1 is 1.42 bits per heavy atom. The lowest BCUT2D eigenvalue weighted by atomic mass is 10.1. The van der Waals surface area contributed by atoms with Crippen molar-refractivity contribution in [3.63, 3.8) is 0 Å². The van der Waals surface area contributed by atoms with Crippen LogP contribution in [0.15, 0.2) is 24.3 Å². The lowest BCUT2D eigenvalue weighted by Crippen LogP contribution is -2.51. The summed E-state index contributed by atoms with van der Waals surface area (Å²) in [6, 6.07) is 8.17. The number of nitrogens with zero attached hydrogens (tertiary/aromatic N) is 2. The molecule has 2 rings (SSSR count). The SMILES string of the molecule is CC1CN(C(=O)c2cccc(N(C)C)c2)CCN1.Cl. The highest BCUT2D eigenvalue weighted by atomic mass is 35.5. The number of carbonyl (C=O) groups is 1. The Balaban J connectivity index is 0.00000180. The average Bonchev–Trinajstić information content (AvgIpc) is 2.38. The predicted molar refractivity (Wildman–Crippen MR) is 81.4 cm³/mol. The third-order valence-electron chi connectivity index (χ3n) is 3.27. The van der Waals surface area contributed by atoms with Crippen LogP contribution in [0, 0.1) is 0 Å². The Hall–Kier alpha value is -1.26. The fraction of sp³-hybridized carbons (Fsp3) is 0.500. The van der Waals surface area contributed by atoms with Gasteiger partial charge < -0.3 is 15.1 Å². The number of rotatable bonds is 2. The van der Waals surface area contributed by atoms with Gasteiger partial charge in [0.1, 0.15) is 0 Å². The first-order chi connectivity index (χ1) is 8.58. The van der Waals surface area contributed by atoms with Crippen LogP contribution < -0.4 is 10.2 Å². The van der Waals surface area contributed by atoms with Gasteiger partial charge in [-0.25, -0.2) is 0 Å². The van der Waals surface area contributed by atoms with Crippen molar-refractivity contribution in [2.75, 3.05) is 38.6 Å². The van der Waals surface area contributed by atoms with Gasteiger partial charge >= 0.3 is 0 Å². The van der Waals surface area contributed by atoms with Gasteiger partial charge in [0.25, 0.3) is 5.91 Å². The van der Waals surface area contributed by atoms with E-state index in [0.29, 0.717) is 6.04 Å². The quantitative estimate of drug-likeness (QED) is 0.896. The molecule has 1 aliphatic heterocycles. The first-order valence-corrected chi connectivity index (χ1v) is 6.38. The molecular formula is C14H22ClN3O. The summed E-state index contributed by atoms with van der Waals surface area (Å²) in [4.78, 5) is 16.3. The summed E-state index contributed by atoms with van der Waals surface area (Å²) >= 11 is 0. The first-order valence-electron chi connectivity index (χ1n) is 6.38. The maximum atomic E-state index is 12.4. The van der Waals surface area contributed by atoms with Crippen molar-refractivity contribution in [1.29, 1.82) is 0 Å². The van der Waals surface area contributed by atoms with E-state index < -0.39 is 0 Å². The van der Waals surface area contributed by atoms with Gasteiger partial charge in [-0.1, -0.05) is 6.07 Å². The lowest BCUT2D eigenvalue weighted by Gasteiger charge is -2.32. The number of hydrogen-bond donors (Lipinski definition) is 1. The van der Waals surface area contributed by atoms with Crippen molar-refractivity contribution in [2.45, 2.75) is 13.0 Å². The highest BCUT2D eigenvalue weighted by Crippen LogP contribution is 2.15. The van der Waals surface area contributed by atoms with Gasteiger partial charge in [-0.2, -0.15) is 0 Å². The number of hydrogen-bond acceptors (Lipinski definition) is 3. The second-order valence-electron chi connectivity index (χ2n) is 5.05. The summed E-state index contributed by atoms with van der Waals surface area (Å²) in [5.74, 6) is 0.132. The normalized spacial score (nSPS) is 18.7. The van der Waals surface area contributed by atoms with Crippen LogP contribution in [0.2, 0.25) is 0 Å². The summed E-state index contributed by atoms with van der Waals surface area (Å²) in [7, 11) is 3.97. The first kappa shape index (κ1) is 15.8. The molecule has 1 aliphatic rings. The van der Waals surface area contributed by atoms with Gasteiger partial charge in [0, 0.05) is 51.0 Å². The number of carbonyl (C=O) groups excluding carboxylic acids is 1. The molecule has 1 aromatic rings. The molecule has 1 aromatic carbocycles. The van der Waals surface area contributed by atoms with Crippen molar-refractivity contribution in [3.05, 3.63) is 29.8 Å². The summed E-state index contributed by atoms with van der Waals surface area (Å²) in [6.45, 7) is 4.55. The van der Waals surface area contributed by atoms with Crippen LogP contribution in [-0.4, -0.2) is 50.6 Å². The van der Waals surface area contributed by atoms with Gasteiger partial charge in [-0.05, 0) is 25.1 Å². The molecule has 1 heterocycles. The molecule has 0 saturated carbocycles. The number of halogens is 1. The molecular weight excluding hydrogens is 262 g/mol. The van der Waals surface area contributed by atoms with Gasteiger partial charge in [0.05, 0.1) is 0 Å². The van der Waals surface area contributed by atoms with Crippen LogP contribution in [0.4, 0.5) is 5.69 Å². The topological polar surface area (TPSA) is 35.6 Å². The van der Waals surface area contributed by atoms with E-state index in [4.69, 9.17) is 0 Å². The maximum absolute atomic E-state index is 12.4. The monoisotopic (exact) mass is 283 g/mol. The highest BCUT2D eigenvalue weighted by Gasteiger charge is 2.21. The molecule has 0 bridgehead atoms. The van der Waals surface area contributed by atoms with Gasteiger partial charge in [-0.15, -0.1) is 12.4 Å². The fourth-order valence-electron chi connectivity index (χ4n) is 2.22. The molecule has 1 saturated heterocycles. The molecule has 0 spiro atoms. The van der Waals surface area contributed by atoms with E-state index in [9.17, 15) is 4.79 Å². The Kier molecular flexibility index (Phi) is 5.63. The Morgan fingerprint density at radius 2 is 2.16 bits per heavy atom. The smallest absolute Gasteiger partial charge is 0.254 e. The van der Waals surface area contributed by atoms with Gasteiger partial charge in [0.15, 0.2) is 0 Å². The Morgan fingerprint density at radius 3 is 2.79 bits per heavy atom. The second-order valence-corrected chi connectivity index (χ2v) is 5.05. The van der Waals surface area contributed by atoms with Crippen LogP contribution in [0.1, 0.15) is 17.3 Å². The lowest BCUT2D eigenvalue weighted by molar-refractivity contribution is 0.0709. The number of amides is 1. The average molecular weight is 284 g/mol. The van der Waals surface area contributed by atoms with Crippen molar-refractivity contribution < 1.29 is 4.79 Å². The molecule has 1 N–H and O–H groups in total. The number of piperazine rings is 1. The standard InChI is InChI=1S/C14H21N3O.ClH/c1-11-10-17(8-7-15-11)14(18)12-5-4-6-13(9-12)16(2)3;/h4-6,9,11,15H,7-8,10H2,1-3H3;1H. The molecule has 1 unspecified atom stereocenters. The summed E-state index contributed by atoms with van der Waals surface area (Å²) in [5.41, 5.74) is 1.83. The molecule has 0 radical (unpaired) electrons. The maximum Gasteiger partial charge on any atom is 0.254 e. The van der Waals surface area contributed by atoms with E-state index in [1.54, 1.807) is 0 Å². The minimum Gasteiger partial charge on any atom is -0.378 e. The molecule has 0 aromatic heterocycles. The molecule has 5 heteroatoms. The minimum atomic E-state index is 0.